The lowest BCUT2D eigenvalue weighted by molar-refractivity contribution is 0.0634. The highest BCUT2D eigenvalue weighted by atomic mass is 35.5. The first-order chi connectivity index (χ1) is 15.8. The van der Waals surface area contributed by atoms with Crippen LogP contribution >= 0.6 is 11.6 Å². The summed E-state index contributed by atoms with van der Waals surface area (Å²) in [6.07, 6.45) is 0.0243. The summed E-state index contributed by atoms with van der Waals surface area (Å²) >= 11 is 6.26. The average molecular weight is 486 g/mol. The largest absolute Gasteiger partial charge is 0.444 e. The van der Waals surface area contributed by atoms with Crippen LogP contribution in [0, 0.1) is 5.41 Å². The van der Waals surface area contributed by atoms with Gasteiger partial charge < -0.3 is 14.0 Å². The molecule has 0 saturated heterocycles. The predicted octanol–water partition coefficient (Wildman–Crippen LogP) is 6.54. The Kier molecular flexibility index (Phi) is 7.31. The van der Waals surface area contributed by atoms with E-state index in [1.54, 1.807) is 51.1 Å². The Morgan fingerprint density at radius 3 is 2.44 bits per heavy atom. The lowest BCUT2D eigenvalue weighted by Crippen LogP contribution is -2.27. The van der Waals surface area contributed by atoms with E-state index >= 15 is 0 Å². The van der Waals surface area contributed by atoms with Crippen LogP contribution in [0.3, 0.4) is 0 Å². The number of hydrogen-bond acceptors (Lipinski definition) is 7. The van der Waals surface area contributed by atoms with Gasteiger partial charge in [-0.05, 0) is 56.5 Å². The average Bonchev–Trinajstić information content (AvgIpc) is 3.15. The normalized spacial score (nSPS) is 11.7. The van der Waals surface area contributed by atoms with Crippen LogP contribution in [0.4, 0.5) is 10.5 Å². The van der Waals surface area contributed by atoms with Gasteiger partial charge in [-0.3, -0.25) is 5.32 Å². The highest BCUT2D eigenvalue weighted by molar-refractivity contribution is 6.32. The molecule has 0 unspecified atom stereocenters. The van der Waals surface area contributed by atoms with Gasteiger partial charge in [-0.15, -0.1) is 0 Å². The second kappa shape index (κ2) is 9.85. The van der Waals surface area contributed by atoms with Crippen molar-refractivity contribution in [2.45, 2.75) is 53.6 Å². The fourth-order valence-electron chi connectivity index (χ4n) is 2.92. The maximum Gasteiger partial charge on any atom is 0.412 e. The summed E-state index contributed by atoms with van der Waals surface area (Å²) in [5, 5.41) is 6.76. The van der Waals surface area contributed by atoms with Gasteiger partial charge in [-0.1, -0.05) is 49.7 Å². The molecule has 0 aliphatic heterocycles. The third-order valence-corrected chi connectivity index (χ3v) is 4.58. The minimum Gasteiger partial charge on any atom is -0.444 e. The smallest absolute Gasteiger partial charge is 0.412 e. The monoisotopic (exact) mass is 485 g/mol. The van der Waals surface area contributed by atoms with E-state index in [-0.39, 0.29) is 16.2 Å². The van der Waals surface area contributed by atoms with Gasteiger partial charge in [0.2, 0.25) is 11.7 Å². The lowest BCUT2D eigenvalue weighted by Gasteiger charge is -2.19. The zero-order valence-electron chi connectivity index (χ0n) is 20.1. The molecule has 0 bridgehead atoms. The van der Waals surface area contributed by atoms with Crippen molar-refractivity contribution in [3.05, 3.63) is 58.9 Å². The quantitative estimate of drug-likeness (QED) is 0.323. The third kappa shape index (κ3) is 7.31. The molecule has 0 aliphatic rings. The van der Waals surface area contributed by atoms with Gasteiger partial charge in [0.05, 0.1) is 10.6 Å². The highest BCUT2D eigenvalue weighted by Crippen LogP contribution is 2.29. The summed E-state index contributed by atoms with van der Waals surface area (Å²) in [4.78, 5) is 29.1. The van der Waals surface area contributed by atoms with Crippen LogP contribution in [0.2, 0.25) is 5.02 Å². The fourth-order valence-corrected chi connectivity index (χ4v) is 3.14. The van der Waals surface area contributed by atoms with Crippen LogP contribution < -0.4 is 10.1 Å². The molecule has 1 N–H and O–H groups in total. The molecule has 34 heavy (non-hydrogen) atoms. The van der Waals surface area contributed by atoms with E-state index < -0.39 is 17.7 Å². The molecule has 8 nitrogen and oxygen atoms in total. The van der Waals surface area contributed by atoms with E-state index in [2.05, 4.69) is 36.2 Å². The predicted molar refractivity (Wildman–Crippen MR) is 129 cm³/mol. The summed E-state index contributed by atoms with van der Waals surface area (Å²) in [6.45, 7) is 11.5. The third-order valence-electron chi connectivity index (χ3n) is 4.29. The Labute approximate surface area is 203 Å². The molecule has 0 atom stereocenters. The molecule has 3 rings (SSSR count). The van der Waals surface area contributed by atoms with Crippen molar-refractivity contribution in [2.24, 2.45) is 5.41 Å². The van der Waals surface area contributed by atoms with Crippen molar-refractivity contribution in [1.29, 1.82) is 0 Å². The molecule has 1 heterocycles. The number of hydrogen-bond donors (Lipinski definition) is 1. The van der Waals surface area contributed by atoms with Crippen LogP contribution in [0.5, 0.6) is 5.75 Å². The number of aromatic nitrogens is 2. The Balaban J connectivity index is 1.70. The van der Waals surface area contributed by atoms with Crippen molar-refractivity contribution < 1.29 is 23.6 Å². The number of halogens is 1. The summed E-state index contributed by atoms with van der Waals surface area (Å²) in [6, 6.07) is 11.3. The minimum absolute atomic E-state index is 0.00664. The minimum atomic E-state index is -0.631. The van der Waals surface area contributed by atoms with E-state index in [0.29, 0.717) is 35.0 Å². The van der Waals surface area contributed by atoms with Gasteiger partial charge in [0, 0.05) is 17.7 Å². The zero-order valence-corrected chi connectivity index (χ0v) is 20.8. The van der Waals surface area contributed by atoms with E-state index in [4.69, 9.17) is 25.6 Å². The van der Waals surface area contributed by atoms with Gasteiger partial charge in [-0.2, -0.15) is 4.98 Å². The van der Waals surface area contributed by atoms with Gasteiger partial charge in [0.15, 0.2) is 0 Å². The molecule has 0 fully saturated rings. The molecule has 9 heteroatoms. The first-order valence-electron chi connectivity index (χ1n) is 10.7. The van der Waals surface area contributed by atoms with Crippen molar-refractivity contribution in [3.63, 3.8) is 0 Å². The van der Waals surface area contributed by atoms with Gasteiger partial charge in [0.1, 0.15) is 11.4 Å². The summed E-state index contributed by atoms with van der Waals surface area (Å²) in [5.41, 5.74) is 0.706. The van der Waals surface area contributed by atoms with E-state index in [1.165, 1.54) is 12.1 Å². The molecule has 3 aromatic rings. The van der Waals surface area contributed by atoms with Gasteiger partial charge >= 0.3 is 12.1 Å². The van der Waals surface area contributed by atoms with Crippen molar-refractivity contribution in [3.8, 4) is 17.1 Å². The van der Waals surface area contributed by atoms with Crippen LogP contribution in [0.1, 0.15) is 57.8 Å². The molecule has 180 valence electrons. The van der Waals surface area contributed by atoms with Crippen molar-refractivity contribution >= 4 is 29.4 Å². The topological polar surface area (TPSA) is 104 Å². The standard InChI is InChI=1S/C25H28ClN3O5/c1-24(2,3)14-20-28-21(29-34-20)15-8-7-9-16(12-15)22(30)32-19-11-10-17(13-18(19)26)27-23(31)33-25(4,5)6/h7-13H,14H2,1-6H3,(H,27,31). The van der Waals surface area contributed by atoms with Gasteiger partial charge in [-0.25, -0.2) is 9.59 Å². The van der Waals surface area contributed by atoms with Crippen LogP contribution in [-0.4, -0.2) is 27.8 Å². The van der Waals surface area contributed by atoms with Crippen LogP contribution in [-0.2, 0) is 11.2 Å². The number of esters is 1. The number of rotatable bonds is 5. The fraction of sp³-hybridized carbons (Fsp3) is 0.360. The second-order valence-corrected chi connectivity index (χ2v) is 10.4. The Morgan fingerprint density at radius 1 is 1.06 bits per heavy atom. The second-order valence-electron chi connectivity index (χ2n) is 9.99. The number of anilines is 1. The maximum atomic E-state index is 12.7. The number of carbonyl (C=O) groups is 2. The zero-order chi connectivity index (χ0) is 25.1. The number of nitrogens with one attached hydrogen (secondary N) is 1. The molecule has 0 radical (unpaired) electrons. The van der Waals surface area contributed by atoms with E-state index in [0.717, 1.165) is 0 Å². The Hall–Kier alpha value is -3.39. The SMILES string of the molecule is CC(C)(C)Cc1nc(-c2cccc(C(=O)Oc3ccc(NC(=O)OC(C)(C)C)cc3Cl)c2)no1. The number of ether oxygens (including phenoxy) is 2. The van der Waals surface area contributed by atoms with E-state index in [1.807, 2.05) is 0 Å². The molecule has 0 saturated carbocycles. The lowest BCUT2D eigenvalue weighted by atomic mass is 9.92. The molecular formula is C25H28ClN3O5. The number of carbonyl (C=O) groups excluding carboxylic acids is 2. The Morgan fingerprint density at radius 2 is 1.79 bits per heavy atom. The van der Waals surface area contributed by atoms with Crippen molar-refractivity contribution in [2.75, 3.05) is 5.32 Å². The summed E-state index contributed by atoms with van der Waals surface area (Å²) in [5.74, 6) is 0.473. The number of benzene rings is 2. The maximum absolute atomic E-state index is 12.7. The van der Waals surface area contributed by atoms with Crippen LogP contribution in [0.25, 0.3) is 11.4 Å². The summed E-state index contributed by atoms with van der Waals surface area (Å²) in [7, 11) is 0. The highest BCUT2D eigenvalue weighted by Gasteiger charge is 2.19. The molecular weight excluding hydrogens is 458 g/mol. The van der Waals surface area contributed by atoms with Gasteiger partial charge in [0.25, 0.3) is 0 Å². The number of nitrogens with zero attached hydrogens (tertiary/aromatic N) is 2. The first kappa shape index (κ1) is 25.2. The molecule has 1 amide bonds. The molecule has 0 aliphatic carbocycles. The first-order valence-corrected chi connectivity index (χ1v) is 11.1. The summed E-state index contributed by atoms with van der Waals surface area (Å²) < 4.78 is 16.0. The molecule has 1 aromatic heterocycles. The number of amides is 1. The molecule has 0 spiro atoms. The Bertz CT molecular complexity index is 1190. The van der Waals surface area contributed by atoms with E-state index in [9.17, 15) is 9.59 Å². The van der Waals surface area contributed by atoms with Crippen molar-refractivity contribution in [1.82, 2.24) is 10.1 Å². The van der Waals surface area contributed by atoms with Crippen LogP contribution in [0.15, 0.2) is 47.0 Å². The molecule has 2 aromatic carbocycles.